The highest BCUT2D eigenvalue weighted by molar-refractivity contribution is 6.14. The van der Waals surface area contributed by atoms with Crippen LogP contribution < -0.4 is 5.32 Å². The molecular formula is C18H21N3O2. The summed E-state index contributed by atoms with van der Waals surface area (Å²) in [5, 5.41) is 3.74. The van der Waals surface area contributed by atoms with Crippen LogP contribution >= 0.6 is 0 Å². The number of rotatable bonds is 4. The average molecular weight is 311 g/mol. The molecule has 5 heteroatoms. The summed E-state index contributed by atoms with van der Waals surface area (Å²) in [5.41, 5.74) is 2.42. The summed E-state index contributed by atoms with van der Waals surface area (Å²) in [6.07, 6.45) is 4.85. The third-order valence-electron chi connectivity index (χ3n) is 4.42. The molecule has 5 nitrogen and oxygen atoms in total. The second-order valence-corrected chi connectivity index (χ2v) is 5.80. The maximum absolute atomic E-state index is 12.3. The fourth-order valence-electron chi connectivity index (χ4n) is 2.92. The largest absolute Gasteiger partial charge is 0.344 e. The number of nitrogens with one attached hydrogen (secondary N) is 1. The van der Waals surface area contributed by atoms with Gasteiger partial charge in [-0.15, -0.1) is 0 Å². The molecule has 1 unspecified atom stereocenters. The number of nitrogens with zero attached hydrogens (tertiary/aromatic N) is 2. The first-order valence-electron chi connectivity index (χ1n) is 8.00. The minimum absolute atomic E-state index is 0.266. The van der Waals surface area contributed by atoms with Crippen LogP contribution in [-0.4, -0.2) is 28.0 Å². The first kappa shape index (κ1) is 15.3. The van der Waals surface area contributed by atoms with Crippen molar-refractivity contribution in [2.45, 2.75) is 33.2 Å². The van der Waals surface area contributed by atoms with Crippen LogP contribution in [0.15, 0.2) is 36.2 Å². The molecule has 23 heavy (non-hydrogen) atoms. The van der Waals surface area contributed by atoms with Gasteiger partial charge in [0, 0.05) is 35.2 Å². The summed E-state index contributed by atoms with van der Waals surface area (Å²) < 4.78 is 2.22. The highest BCUT2D eigenvalue weighted by Gasteiger charge is 2.32. The van der Waals surface area contributed by atoms with Gasteiger partial charge >= 0.3 is 6.03 Å². The summed E-state index contributed by atoms with van der Waals surface area (Å²) in [7, 11) is 0. The Hall–Kier alpha value is -2.56. The number of carbonyl (C=O) groups excluding carboxylic acids is 2. The Kier molecular flexibility index (Phi) is 3.94. The van der Waals surface area contributed by atoms with Gasteiger partial charge in [-0.2, -0.15) is 0 Å². The van der Waals surface area contributed by atoms with E-state index in [9.17, 15) is 9.59 Å². The molecule has 1 aromatic heterocycles. The molecule has 1 aromatic carbocycles. The zero-order valence-electron chi connectivity index (χ0n) is 13.7. The van der Waals surface area contributed by atoms with E-state index in [1.54, 1.807) is 13.0 Å². The lowest BCUT2D eigenvalue weighted by atomic mass is 10.1. The van der Waals surface area contributed by atoms with Crippen LogP contribution in [0, 0.1) is 0 Å². The highest BCUT2D eigenvalue weighted by atomic mass is 16.2. The number of likely N-dealkylation sites (N-methyl/N-ethyl adjacent to an activating group) is 1. The molecule has 1 N–H and O–H groups in total. The van der Waals surface area contributed by atoms with Crippen LogP contribution in [0.1, 0.15) is 38.8 Å². The van der Waals surface area contributed by atoms with Gasteiger partial charge in [-0.1, -0.05) is 25.1 Å². The van der Waals surface area contributed by atoms with Crippen molar-refractivity contribution in [3.63, 3.8) is 0 Å². The van der Waals surface area contributed by atoms with Crippen molar-refractivity contribution in [3.8, 4) is 0 Å². The maximum atomic E-state index is 12.3. The van der Waals surface area contributed by atoms with Crippen LogP contribution in [0.2, 0.25) is 0 Å². The van der Waals surface area contributed by atoms with Crippen LogP contribution in [0.25, 0.3) is 17.0 Å². The van der Waals surface area contributed by atoms with E-state index >= 15 is 0 Å². The van der Waals surface area contributed by atoms with E-state index in [1.165, 1.54) is 4.90 Å². The topological polar surface area (TPSA) is 54.3 Å². The van der Waals surface area contributed by atoms with Crippen molar-refractivity contribution in [2.75, 3.05) is 6.54 Å². The van der Waals surface area contributed by atoms with E-state index < -0.39 is 0 Å². The van der Waals surface area contributed by atoms with Crippen LogP contribution in [-0.2, 0) is 4.79 Å². The van der Waals surface area contributed by atoms with E-state index in [0.29, 0.717) is 18.3 Å². The van der Waals surface area contributed by atoms with Crippen molar-refractivity contribution in [1.29, 1.82) is 0 Å². The molecule has 0 spiro atoms. The molecule has 3 amide bonds. The van der Waals surface area contributed by atoms with Crippen molar-refractivity contribution >= 4 is 28.9 Å². The predicted octanol–water partition coefficient (Wildman–Crippen LogP) is 3.52. The highest BCUT2D eigenvalue weighted by Crippen LogP contribution is 2.28. The molecule has 1 saturated heterocycles. The minimum atomic E-state index is -0.352. The number of carbonyl (C=O) groups is 2. The number of benzene rings is 1. The summed E-state index contributed by atoms with van der Waals surface area (Å²) in [6.45, 7) is 6.48. The molecule has 2 aromatic rings. The first-order valence-corrected chi connectivity index (χ1v) is 8.00. The SMILES string of the molecule is CCC(C)n1cc(C=C2NC(=O)N(CC)C2=O)c2ccccc21. The summed E-state index contributed by atoms with van der Waals surface area (Å²) in [4.78, 5) is 25.2. The Bertz CT molecular complexity index is 804. The van der Waals surface area contributed by atoms with Crippen molar-refractivity contribution in [3.05, 3.63) is 41.7 Å². The Morgan fingerprint density at radius 3 is 2.61 bits per heavy atom. The van der Waals surface area contributed by atoms with Crippen molar-refractivity contribution in [2.24, 2.45) is 0 Å². The number of para-hydroxylation sites is 1. The number of imide groups is 1. The summed E-state index contributed by atoms with van der Waals surface area (Å²) in [5.74, 6) is -0.266. The number of fused-ring (bicyclic) bond motifs is 1. The summed E-state index contributed by atoms with van der Waals surface area (Å²) >= 11 is 0. The number of amides is 3. The van der Waals surface area contributed by atoms with E-state index in [4.69, 9.17) is 0 Å². The minimum Gasteiger partial charge on any atom is -0.344 e. The van der Waals surface area contributed by atoms with Gasteiger partial charge in [0.25, 0.3) is 5.91 Å². The van der Waals surface area contributed by atoms with Gasteiger partial charge in [-0.05, 0) is 32.4 Å². The second-order valence-electron chi connectivity index (χ2n) is 5.80. The standard InChI is InChI=1S/C18H21N3O2/c1-4-12(3)21-11-13(14-8-6-7-9-16(14)21)10-15-17(22)20(5-2)18(23)19-15/h6-12H,4-5H2,1-3H3,(H,19,23). The van der Waals surface area contributed by atoms with E-state index in [-0.39, 0.29) is 11.9 Å². The molecule has 1 atom stereocenters. The number of urea groups is 1. The Morgan fingerprint density at radius 1 is 1.22 bits per heavy atom. The maximum Gasteiger partial charge on any atom is 0.328 e. The van der Waals surface area contributed by atoms with E-state index in [1.807, 2.05) is 18.2 Å². The molecule has 2 heterocycles. The zero-order valence-corrected chi connectivity index (χ0v) is 13.7. The fraction of sp³-hybridized carbons (Fsp3) is 0.333. The first-order chi connectivity index (χ1) is 11.1. The Morgan fingerprint density at radius 2 is 1.96 bits per heavy atom. The molecule has 1 fully saturated rings. The molecule has 120 valence electrons. The third-order valence-corrected chi connectivity index (χ3v) is 4.42. The lowest BCUT2D eigenvalue weighted by molar-refractivity contribution is -0.122. The zero-order chi connectivity index (χ0) is 16.6. The van der Waals surface area contributed by atoms with Gasteiger partial charge in [0.05, 0.1) is 0 Å². The van der Waals surface area contributed by atoms with Crippen LogP contribution in [0.4, 0.5) is 4.79 Å². The Labute approximate surface area is 135 Å². The van der Waals surface area contributed by atoms with Gasteiger partial charge in [0.2, 0.25) is 0 Å². The molecule has 1 aliphatic rings. The Balaban J connectivity index is 2.09. The lowest BCUT2D eigenvalue weighted by Gasteiger charge is -2.12. The molecule has 1 aliphatic heterocycles. The van der Waals surface area contributed by atoms with Gasteiger partial charge in [-0.3, -0.25) is 9.69 Å². The van der Waals surface area contributed by atoms with Crippen LogP contribution in [0.5, 0.6) is 0 Å². The van der Waals surface area contributed by atoms with E-state index in [0.717, 1.165) is 22.9 Å². The average Bonchev–Trinajstić information content (AvgIpc) is 3.05. The van der Waals surface area contributed by atoms with Gasteiger partial charge in [-0.25, -0.2) is 4.79 Å². The fourth-order valence-corrected chi connectivity index (χ4v) is 2.92. The predicted molar refractivity (Wildman–Crippen MR) is 90.8 cm³/mol. The van der Waals surface area contributed by atoms with E-state index in [2.05, 4.69) is 36.0 Å². The van der Waals surface area contributed by atoms with Crippen molar-refractivity contribution in [1.82, 2.24) is 14.8 Å². The lowest BCUT2D eigenvalue weighted by Crippen LogP contribution is -2.30. The number of hydrogen-bond donors (Lipinski definition) is 1. The molecule has 0 radical (unpaired) electrons. The molecule has 3 rings (SSSR count). The molecular weight excluding hydrogens is 290 g/mol. The van der Waals surface area contributed by atoms with Gasteiger partial charge in [0.15, 0.2) is 0 Å². The smallest absolute Gasteiger partial charge is 0.328 e. The molecule has 0 saturated carbocycles. The van der Waals surface area contributed by atoms with Gasteiger partial charge in [0.1, 0.15) is 5.70 Å². The second kappa shape index (κ2) is 5.91. The molecule has 0 bridgehead atoms. The van der Waals surface area contributed by atoms with Gasteiger partial charge < -0.3 is 9.88 Å². The summed E-state index contributed by atoms with van der Waals surface area (Å²) in [6, 6.07) is 8.14. The number of aromatic nitrogens is 1. The third kappa shape index (κ3) is 2.52. The molecule has 0 aliphatic carbocycles. The number of hydrogen-bond acceptors (Lipinski definition) is 2. The quantitative estimate of drug-likeness (QED) is 0.694. The van der Waals surface area contributed by atoms with Crippen molar-refractivity contribution < 1.29 is 9.59 Å². The normalized spacial score (nSPS) is 18.0. The van der Waals surface area contributed by atoms with Crippen LogP contribution in [0.3, 0.4) is 0 Å². The monoisotopic (exact) mass is 311 g/mol.